The summed E-state index contributed by atoms with van der Waals surface area (Å²) < 4.78 is 1.90. The third-order valence-corrected chi connectivity index (χ3v) is 0.365. The maximum atomic E-state index is 5.10. The minimum absolute atomic E-state index is 0.639. The minimum Gasteiger partial charge on any atom is -0.428 e. The van der Waals surface area contributed by atoms with Crippen molar-refractivity contribution >= 4 is 23.5 Å². The average molecular weight is 67.5 g/mol. The van der Waals surface area contributed by atoms with Crippen LogP contribution in [-0.4, -0.2) is 28.1 Å². The predicted molar refractivity (Wildman–Crippen MR) is 30.3 cm³/mol. The molecule has 26 valence electrons. The first-order chi connectivity index (χ1) is 2.27. The van der Waals surface area contributed by atoms with Crippen LogP contribution in [0.5, 0.6) is 0 Å². The molecule has 0 aromatic carbocycles. The lowest BCUT2D eigenvalue weighted by Crippen LogP contribution is -2.28. The molecular weight excluding hydrogens is 60.4 g/mol. The lowest BCUT2D eigenvalue weighted by Gasteiger charge is -1.98. The molecule has 0 saturated carbocycles. The molecule has 0 aromatic heterocycles. The fourth-order valence-corrected chi connectivity index (χ4v) is 0. The highest BCUT2D eigenvalue weighted by Crippen LogP contribution is 1.46. The van der Waals surface area contributed by atoms with E-state index in [1.165, 1.54) is 0 Å². The Morgan fingerprint density at radius 2 is 1.80 bits per heavy atom. The molecule has 5 heavy (non-hydrogen) atoms. The average Bonchev–Trinajstić information content (AvgIpc) is 1.38. The van der Waals surface area contributed by atoms with Crippen molar-refractivity contribution < 1.29 is 0 Å². The molecule has 0 aliphatic heterocycles. The van der Waals surface area contributed by atoms with E-state index in [0.717, 1.165) is 0 Å². The number of rotatable bonds is 1. The first-order valence-corrected chi connectivity index (χ1v) is 1.62. The Kier molecular flexibility index (Phi) is 2.41. The van der Waals surface area contributed by atoms with Gasteiger partial charge in [-0.3, -0.25) is 0 Å². The van der Waals surface area contributed by atoms with Gasteiger partial charge >= 0.3 is 0 Å². The van der Waals surface area contributed by atoms with Gasteiger partial charge < -0.3 is 10.3 Å². The van der Waals surface area contributed by atoms with Crippen molar-refractivity contribution in [3.8, 4) is 0 Å². The number of nitrogens with zero attached hydrogens (tertiary/aromatic N) is 1. The summed E-state index contributed by atoms with van der Waals surface area (Å²) in [5.41, 5.74) is 5.10. The molecule has 0 amide bonds. The summed E-state index contributed by atoms with van der Waals surface area (Å²) >= 11 is 0. The first-order valence-electron chi connectivity index (χ1n) is 1.62. The molecule has 2 N–H and O–H groups in total. The molecule has 0 unspecified atom stereocenters. The third kappa shape index (κ3) is 4.11. The van der Waals surface area contributed by atoms with Crippen molar-refractivity contribution in [1.29, 1.82) is 0 Å². The first kappa shape index (κ1) is 5.11. The standard InChI is InChI=1S/B3H7N2/c1-5(2)3-4/h3H,1-2,4H2. The molecule has 0 saturated heterocycles. The van der Waals surface area contributed by atoms with E-state index in [0.29, 0.717) is 7.55 Å². The second-order valence-corrected chi connectivity index (χ2v) is 1.26. The summed E-state index contributed by atoms with van der Waals surface area (Å²) in [6.07, 6.45) is 0. The molecule has 0 atom stereocenters. The van der Waals surface area contributed by atoms with Crippen LogP contribution in [0.4, 0.5) is 0 Å². The molecule has 2 nitrogen and oxygen atoms in total. The smallest absolute Gasteiger partial charge is 0.262 e. The van der Waals surface area contributed by atoms with E-state index in [-0.39, 0.29) is 0 Å². The van der Waals surface area contributed by atoms with E-state index in [1.807, 2.05) is 20.6 Å². The Bertz CT molecular complexity index is 18.9. The van der Waals surface area contributed by atoms with Crippen LogP contribution in [0.2, 0.25) is 0 Å². The summed E-state index contributed by atoms with van der Waals surface area (Å²) in [7, 11) is 4.50. The van der Waals surface area contributed by atoms with Gasteiger partial charge in [0.25, 0.3) is 7.55 Å². The van der Waals surface area contributed by atoms with Crippen LogP contribution < -0.4 is 5.64 Å². The van der Waals surface area contributed by atoms with Gasteiger partial charge in [-0.1, -0.05) is 0 Å². The fraction of sp³-hybridized carbons (Fsp3) is 0. The zero-order chi connectivity index (χ0) is 4.28. The lowest BCUT2D eigenvalue weighted by atomic mass is 9.97. The van der Waals surface area contributed by atoms with Crippen molar-refractivity contribution in [1.82, 2.24) is 4.63 Å². The van der Waals surface area contributed by atoms with E-state index in [2.05, 4.69) is 0 Å². The van der Waals surface area contributed by atoms with Crippen LogP contribution in [0.25, 0.3) is 0 Å². The highest BCUT2D eigenvalue weighted by Gasteiger charge is 1.77. The van der Waals surface area contributed by atoms with Crippen molar-refractivity contribution in [2.45, 2.75) is 0 Å². The predicted octanol–water partition coefficient (Wildman–Crippen LogP) is -3.39. The molecule has 0 radical (unpaired) electrons. The molecule has 5 heteroatoms. The van der Waals surface area contributed by atoms with Gasteiger partial charge in [-0.2, -0.15) is 0 Å². The van der Waals surface area contributed by atoms with E-state index < -0.39 is 0 Å². The van der Waals surface area contributed by atoms with Gasteiger partial charge in [-0.25, -0.2) is 0 Å². The molecular formula is H7B3N2. The van der Waals surface area contributed by atoms with Gasteiger partial charge in [0.2, 0.25) is 0 Å². The zero-order valence-corrected chi connectivity index (χ0v) is 3.73. The maximum absolute atomic E-state index is 5.10. The number of nitrogens with two attached hydrogens (primary N) is 1. The summed E-state index contributed by atoms with van der Waals surface area (Å²) in [6, 6.07) is 0. The van der Waals surface area contributed by atoms with Crippen LogP contribution in [0.3, 0.4) is 0 Å². The van der Waals surface area contributed by atoms with Crippen molar-refractivity contribution in [2.24, 2.45) is 5.64 Å². The van der Waals surface area contributed by atoms with Gasteiger partial charge in [0.15, 0.2) is 16.0 Å². The summed E-state index contributed by atoms with van der Waals surface area (Å²) in [5.74, 6) is 0. The van der Waals surface area contributed by atoms with E-state index in [1.54, 1.807) is 0 Å². The summed E-state index contributed by atoms with van der Waals surface area (Å²) in [4.78, 5) is 0. The van der Waals surface area contributed by atoms with E-state index in [9.17, 15) is 0 Å². The summed E-state index contributed by atoms with van der Waals surface area (Å²) in [6.45, 7) is 0. The maximum Gasteiger partial charge on any atom is 0.262 e. The zero-order valence-electron chi connectivity index (χ0n) is 3.73. The second kappa shape index (κ2) is 2.36. The number of hydrogen-bond donors (Lipinski definition) is 1. The van der Waals surface area contributed by atoms with Crippen molar-refractivity contribution in [2.75, 3.05) is 0 Å². The Morgan fingerprint density at radius 3 is 1.80 bits per heavy atom. The molecule has 0 aliphatic carbocycles. The van der Waals surface area contributed by atoms with Crippen LogP contribution in [0.15, 0.2) is 0 Å². The Hall–Kier alpha value is 0.115. The highest BCUT2D eigenvalue weighted by atomic mass is 14.9. The quantitative estimate of drug-likeness (QED) is 0.324. The highest BCUT2D eigenvalue weighted by molar-refractivity contribution is 6.50. The number of hydrogen-bond acceptors (Lipinski definition) is 2. The monoisotopic (exact) mass is 68.1 g/mol. The molecule has 0 heterocycles. The Morgan fingerprint density at radius 1 is 1.60 bits per heavy atom. The van der Waals surface area contributed by atoms with Gasteiger partial charge in [0.1, 0.15) is 0 Å². The third-order valence-electron chi connectivity index (χ3n) is 0.365. The SMILES string of the molecule is BN(B)BN. The van der Waals surface area contributed by atoms with Crippen LogP contribution in [0.1, 0.15) is 0 Å². The lowest BCUT2D eigenvalue weighted by molar-refractivity contribution is 1.14. The van der Waals surface area contributed by atoms with Crippen LogP contribution in [-0.2, 0) is 0 Å². The molecule has 0 bridgehead atoms. The minimum atomic E-state index is 0.639. The van der Waals surface area contributed by atoms with Gasteiger partial charge in [0, 0.05) is 0 Å². The summed E-state index contributed by atoms with van der Waals surface area (Å²) in [5, 5.41) is 0. The van der Waals surface area contributed by atoms with Crippen LogP contribution in [0, 0.1) is 0 Å². The normalized spacial score (nSPS) is 8.40. The molecule has 0 fully saturated rings. The molecule has 0 spiro atoms. The second-order valence-electron chi connectivity index (χ2n) is 1.26. The van der Waals surface area contributed by atoms with E-state index in [4.69, 9.17) is 5.64 Å². The largest absolute Gasteiger partial charge is 0.428 e. The molecule has 0 aliphatic rings. The van der Waals surface area contributed by atoms with Crippen molar-refractivity contribution in [3.05, 3.63) is 0 Å². The molecule has 0 aromatic rings. The Balaban J connectivity index is 2.54. The van der Waals surface area contributed by atoms with Gasteiger partial charge in [0.05, 0.1) is 0 Å². The van der Waals surface area contributed by atoms with Crippen LogP contribution >= 0.6 is 0 Å². The van der Waals surface area contributed by atoms with Crippen molar-refractivity contribution in [3.63, 3.8) is 0 Å². The van der Waals surface area contributed by atoms with E-state index >= 15 is 0 Å². The fourth-order valence-electron chi connectivity index (χ4n) is 0. The Labute approximate surface area is 34.9 Å². The van der Waals surface area contributed by atoms with Gasteiger partial charge in [-0.05, 0) is 0 Å². The van der Waals surface area contributed by atoms with Gasteiger partial charge in [-0.15, -0.1) is 0 Å². The topological polar surface area (TPSA) is 29.3 Å². The molecule has 0 rings (SSSR count).